The second kappa shape index (κ2) is 7.95. The van der Waals surface area contributed by atoms with E-state index in [1.807, 2.05) is 0 Å². The van der Waals surface area contributed by atoms with Gasteiger partial charge in [0.2, 0.25) is 0 Å². The summed E-state index contributed by atoms with van der Waals surface area (Å²) in [5.74, 6) is 0. The Kier molecular flexibility index (Phi) is 9.62. The molecule has 0 N–H and O–H groups in total. The standard InChI is InChI=1S/C12H27OSi.Li/c1-7-8-9-10-11-13-14(5,6)12(2,3)4;/h7H,8-11H2,1-6H3;/q-1;+1. The zero-order chi connectivity index (χ0) is 11.2. The Hall–Kier alpha value is 0.774. The number of unbranched alkanes of at least 4 members (excludes halogenated alkanes) is 3. The first-order valence-corrected chi connectivity index (χ1v) is 8.64. The molecule has 1 nitrogen and oxygen atoms in total. The molecule has 0 heterocycles. The van der Waals surface area contributed by atoms with Crippen LogP contribution < -0.4 is 18.9 Å². The van der Waals surface area contributed by atoms with Crippen LogP contribution in [-0.4, -0.2) is 14.9 Å². The molecule has 0 aromatic rings. The molecule has 0 saturated carbocycles. The van der Waals surface area contributed by atoms with E-state index >= 15 is 0 Å². The molecule has 0 atom stereocenters. The molecule has 3 heteroatoms. The fraction of sp³-hybridized carbons (Fsp3) is 0.917. The van der Waals surface area contributed by atoms with Gasteiger partial charge in [-0.05, 0) is 24.6 Å². The van der Waals surface area contributed by atoms with Crippen LogP contribution in [0.25, 0.3) is 0 Å². The number of rotatable bonds is 6. The molecule has 0 unspecified atom stereocenters. The molecule has 0 fully saturated rings. The van der Waals surface area contributed by atoms with Gasteiger partial charge >= 0.3 is 18.9 Å². The number of hydrogen-bond donors (Lipinski definition) is 0. The average Bonchev–Trinajstić information content (AvgIpc) is 2.02. The Labute approximate surface area is 110 Å². The molecule has 0 rings (SSSR count). The number of hydrogen-bond acceptors (Lipinski definition) is 1. The van der Waals surface area contributed by atoms with Gasteiger partial charge < -0.3 is 10.8 Å². The Balaban J connectivity index is 0. The van der Waals surface area contributed by atoms with E-state index in [0.29, 0.717) is 5.04 Å². The van der Waals surface area contributed by atoms with Crippen LogP contribution in [0.15, 0.2) is 0 Å². The SMILES string of the molecule is C[CH-]CCCCO[Si](C)(C)C(C)(C)C.[Li+]. The second-order valence-electron chi connectivity index (χ2n) is 5.51. The summed E-state index contributed by atoms with van der Waals surface area (Å²) in [6.07, 6.45) is 5.93. The minimum absolute atomic E-state index is 0. The van der Waals surface area contributed by atoms with Gasteiger partial charge in [0.25, 0.3) is 0 Å². The zero-order valence-corrected chi connectivity index (χ0v) is 12.8. The summed E-state index contributed by atoms with van der Waals surface area (Å²) in [4.78, 5) is 0. The van der Waals surface area contributed by atoms with Crippen molar-refractivity contribution in [1.82, 2.24) is 0 Å². The predicted octanol–water partition coefficient (Wildman–Crippen LogP) is 1.41. The van der Waals surface area contributed by atoms with Gasteiger partial charge in [0.15, 0.2) is 8.32 Å². The van der Waals surface area contributed by atoms with E-state index in [-0.39, 0.29) is 18.9 Å². The van der Waals surface area contributed by atoms with Crippen LogP contribution in [0.4, 0.5) is 0 Å². The van der Waals surface area contributed by atoms with E-state index in [1.54, 1.807) is 0 Å². The maximum Gasteiger partial charge on any atom is 1.00 e. The van der Waals surface area contributed by atoms with Crippen molar-refractivity contribution < 1.29 is 23.3 Å². The van der Waals surface area contributed by atoms with Crippen LogP contribution in [0.5, 0.6) is 0 Å². The van der Waals surface area contributed by atoms with E-state index in [1.165, 1.54) is 19.3 Å². The molecule has 0 aliphatic carbocycles. The minimum atomic E-state index is -1.48. The van der Waals surface area contributed by atoms with Gasteiger partial charge in [0.05, 0.1) is 0 Å². The molecule has 0 aromatic heterocycles. The average molecular weight is 222 g/mol. The fourth-order valence-corrected chi connectivity index (χ4v) is 2.08. The van der Waals surface area contributed by atoms with Gasteiger partial charge in [-0.1, -0.05) is 27.2 Å². The van der Waals surface area contributed by atoms with Gasteiger partial charge in [-0.15, -0.1) is 0 Å². The van der Waals surface area contributed by atoms with E-state index in [2.05, 4.69) is 47.2 Å². The predicted molar refractivity (Wildman–Crippen MR) is 67.0 cm³/mol. The van der Waals surface area contributed by atoms with E-state index in [0.717, 1.165) is 6.61 Å². The molecule has 0 bridgehead atoms. The summed E-state index contributed by atoms with van der Waals surface area (Å²) in [5, 5.41) is 0.351. The maximum atomic E-state index is 6.07. The van der Waals surface area contributed by atoms with Crippen molar-refractivity contribution in [2.45, 2.75) is 65.1 Å². The Bertz CT molecular complexity index is 152. The molecule has 15 heavy (non-hydrogen) atoms. The first kappa shape index (κ1) is 18.1. The molecule has 0 aromatic carbocycles. The summed E-state index contributed by atoms with van der Waals surface area (Å²) in [6.45, 7) is 14.6. The third-order valence-electron chi connectivity index (χ3n) is 3.16. The third kappa shape index (κ3) is 7.63. The summed E-state index contributed by atoms with van der Waals surface area (Å²) in [5.41, 5.74) is 0. The first-order valence-electron chi connectivity index (χ1n) is 5.73. The monoisotopic (exact) mass is 222 g/mol. The molecular formula is C12H27LiOSi. The first-order chi connectivity index (χ1) is 6.31. The maximum absolute atomic E-state index is 6.07. The van der Waals surface area contributed by atoms with E-state index in [4.69, 9.17) is 4.43 Å². The molecule has 0 amide bonds. The summed E-state index contributed by atoms with van der Waals surface area (Å²) in [7, 11) is -1.48. The van der Waals surface area contributed by atoms with Gasteiger partial charge in [-0.3, -0.25) is 0 Å². The van der Waals surface area contributed by atoms with Gasteiger partial charge in [-0.2, -0.15) is 13.3 Å². The fourth-order valence-electron chi connectivity index (χ4n) is 0.994. The zero-order valence-electron chi connectivity index (χ0n) is 11.8. The van der Waals surface area contributed by atoms with Gasteiger partial charge in [0, 0.05) is 6.61 Å². The quantitative estimate of drug-likeness (QED) is 0.375. The largest absolute Gasteiger partial charge is 1.00 e. The Morgan fingerprint density at radius 3 is 2.07 bits per heavy atom. The third-order valence-corrected chi connectivity index (χ3v) is 7.69. The normalized spacial score (nSPS) is 12.4. The summed E-state index contributed by atoms with van der Waals surface area (Å²) in [6, 6.07) is 0. The van der Waals surface area contributed by atoms with Crippen molar-refractivity contribution >= 4 is 8.32 Å². The van der Waals surface area contributed by atoms with Crippen LogP contribution in [0.3, 0.4) is 0 Å². The molecule has 86 valence electrons. The molecule has 0 aliphatic heterocycles. The molecule has 0 aliphatic rings. The topological polar surface area (TPSA) is 9.23 Å². The second-order valence-corrected chi connectivity index (χ2v) is 10.3. The molecule has 0 saturated heterocycles. The van der Waals surface area contributed by atoms with Crippen molar-refractivity contribution in [2.24, 2.45) is 0 Å². The van der Waals surface area contributed by atoms with Crippen molar-refractivity contribution in [3.8, 4) is 0 Å². The van der Waals surface area contributed by atoms with Crippen molar-refractivity contribution in [2.75, 3.05) is 6.61 Å². The molecule has 0 spiro atoms. The molecular weight excluding hydrogens is 195 g/mol. The van der Waals surface area contributed by atoms with E-state index < -0.39 is 8.32 Å². The Morgan fingerprint density at radius 1 is 1.13 bits per heavy atom. The van der Waals surface area contributed by atoms with Crippen LogP contribution in [0.1, 0.15) is 47.0 Å². The van der Waals surface area contributed by atoms with Crippen LogP contribution >= 0.6 is 0 Å². The smallest absolute Gasteiger partial charge is 0.417 e. The summed E-state index contributed by atoms with van der Waals surface area (Å²) < 4.78 is 6.07. The van der Waals surface area contributed by atoms with E-state index in [9.17, 15) is 0 Å². The van der Waals surface area contributed by atoms with Crippen LogP contribution in [-0.2, 0) is 4.43 Å². The summed E-state index contributed by atoms with van der Waals surface area (Å²) >= 11 is 0. The van der Waals surface area contributed by atoms with Crippen LogP contribution in [0.2, 0.25) is 18.1 Å². The van der Waals surface area contributed by atoms with Crippen LogP contribution in [0, 0.1) is 6.42 Å². The van der Waals surface area contributed by atoms with Crippen molar-refractivity contribution in [3.05, 3.63) is 6.42 Å². The minimum Gasteiger partial charge on any atom is -0.417 e. The Morgan fingerprint density at radius 2 is 1.67 bits per heavy atom. The van der Waals surface area contributed by atoms with Crippen molar-refractivity contribution in [3.63, 3.8) is 0 Å². The van der Waals surface area contributed by atoms with Crippen molar-refractivity contribution in [1.29, 1.82) is 0 Å². The van der Waals surface area contributed by atoms with Gasteiger partial charge in [0.1, 0.15) is 0 Å². The molecule has 0 radical (unpaired) electrons. The van der Waals surface area contributed by atoms with Gasteiger partial charge in [-0.25, -0.2) is 0 Å².